The van der Waals surface area contributed by atoms with E-state index in [1.165, 1.54) is 6.07 Å². The Morgan fingerprint density at radius 1 is 0.838 bits per heavy atom. The molecule has 194 valence electrons. The van der Waals surface area contributed by atoms with Crippen LogP contribution in [0.3, 0.4) is 0 Å². The van der Waals surface area contributed by atoms with Crippen molar-refractivity contribution in [1.29, 1.82) is 0 Å². The standard InChI is InChI=1S/C27H21F6NO2S/c28-16-5-8-23(20(29)9-16)36-19-10-17-6-7-18(11-19)34(17)27(35)15-3-1-14(2-4-15)13-37-26-24(32)21(30)12-22(31)25(26)33/h1-5,8-9,12,17-19H,6-7,10-11,13H2. The first-order valence-corrected chi connectivity index (χ1v) is 12.7. The molecule has 3 aromatic rings. The Labute approximate surface area is 213 Å². The van der Waals surface area contributed by atoms with Gasteiger partial charge in [0.1, 0.15) is 11.9 Å². The van der Waals surface area contributed by atoms with E-state index in [1.807, 2.05) is 4.90 Å². The molecule has 1 amide bonds. The molecule has 0 aliphatic carbocycles. The molecule has 0 saturated carbocycles. The van der Waals surface area contributed by atoms with Crippen LogP contribution >= 0.6 is 11.8 Å². The van der Waals surface area contributed by atoms with E-state index < -0.39 is 39.8 Å². The number of rotatable bonds is 6. The van der Waals surface area contributed by atoms with Crippen LogP contribution in [0.1, 0.15) is 41.6 Å². The molecule has 2 unspecified atom stereocenters. The largest absolute Gasteiger partial charge is 0.487 e. The van der Waals surface area contributed by atoms with Crippen molar-refractivity contribution in [3.05, 3.63) is 94.6 Å². The first-order valence-electron chi connectivity index (χ1n) is 11.7. The van der Waals surface area contributed by atoms with Gasteiger partial charge < -0.3 is 9.64 Å². The minimum Gasteiger partial charge on any atom is -0.487 e. The van der Waals surface area contributed by atoms with Gasteiger partial charge in [0.25, 0.3) is 5.91 Å². The molecule has 2 fully saturated rings. The number of hydrogen-bond acceptors (Lipinski definition) is 3. The zero-order valence-corrected chi connectivity index (χ0v) is 20.1. The fourth-order valence-corrected chi connectivity index (χ4v) is 5.98. The Hall–Kier alpha value is -3.14. The van der Waals surface area contributed by atoms with Crippen LogP contribution in [0.25, 0.3) is 0 Å². The van der Waals surface area contributed by atoms with Crippen molar-refractivity contribution in [3.63, 3.8) is 0 Å². The van der Waals surface area contributed by atoms with Crippen molar-refractivity contribution in [1.82, 2.24) is 4.90 Å². The summed E-state index contributed by atoms with van der Waals surface area (Å²) in [5.41, 5.74) is 1.05. The maximum absolute atomic E-state index is 14.0. The Balaban J connectivity index is 1.22. The molecule has 3 aromatic carbocycles. The van der Waals surface area contributed by atoms with Gasteiger partial charge in [-0.1, -0.05) is 12.1 Å². The number of fused-ring (bicyclic) bond motifs is 2. The zero-order valence-electron chi connectivity index (χ0n) is 19.3. The Morgan fingerprint density at radius 2 is 1.46 bits per heavy atom. The van der Waals surface area contributed by atoms with Crippen molar-refractivity contribution in [2.45, 2.75) is 54.5 Å². The molecule has 0 aromatic heterocycles. The van der Waals surface area contributed by atoms with Crippen LogP contribution in [0.15, 0.2) is 53.4 Å². The van der Waals surface area contributed by atoms with E-state index in [4.69, 9.17) is 4.74 Å². The molecule has 2 aliphatic rings. The van der Waals surface area contributed by atoms with E-state index in [0.717, 1.165) is 25.0 Å². The molecular formula is C27H21F6NO2S. The predicted octanol–water partition coefficient (Wildman–Crippen LogP) is 7.03. The van der Waals surface area contributed by atoms with E-state index in [2.05, 4.69) is 0 Å². The van der Waals surface area contributed by atoms with Crippen LogP contribution in [0, 0.1) is 34.9 Å². The molecule has 2 saturated heterocycles. The highest BCUT2D eigenvalue weighted by Gasteiger charge is 2.44. The second-order valence-corrected chi connectivity index (χ2v) is 10.2. The number of benzene rings is 3. The first kappa shape index (κ1) is 25.5. The molecule has 2 heterocycles. The van der Waals surface area contributed by atoms with Crippen LogP contribution in [0.4, 0.5) is 26.3 Å². The van der Waals surface area contributed by atoms with Crippen LogP contribution in [-0.4, -0.2) is 29.0 Å². The van der Waals surface area contributed by atoms with Crippen LogP contribution < -0.4 is 4.74 Å². The maximum Gasteiger partial charge on any atom is 0.254 e. The van der Waals surface area contributed by atoms with Crippen molar-refractivity contribution in [2.75, 3.05) is 0 Å². The third-order valence-corrected chi connectivity index (χ3v) is 7.89. The zero-order chi connectivity index (χ0) is 26.3. The molecule has 10 heteroatoms. The molecule has 2 aliphatic heterocycles. The molecule has 2 atom stereocenters. The lowest BCUT2D eigenvalue weighted by molar-refractivity contribution is 0.0349. The minimum absolute atomic E-state index is 0.0141. The maximum atomic E-state index is 14.0. The summed E-state index contributed by atoms with van der Waals surface area (Å²) in [6.07, 6.45) is 2.33. The van der Waals surface area contributed by atoms with Gasteiger partial charge in [-0.25, -0.2) is 26.3 Å². The average Bonchev–Trinajstić information content (AvgIpc) is 3.14. The van der Waals surface area contributed by atoms with Crippen LogP contribution in [-0.2, 0) is 5.75 Å². The number of hydrogen-bond donors (Lipinski definition) is 0. The van der Waals surface area contributed by atoms with E-state index in [1.54, 1.807) is 24.3 Å². The van der Waals surface area contributed by atoms with E-state index in [0.29, 0.717) is 35.7 Å². The topological polar surface area (TPSA) is 29.5 Å². The molecule has 0 spiro atoms. The number of thioether (sulfide) groups is 1. The summed E-state index contributed by atoms with van der Waals surface area (Å²) in [4.78, 5) is 14.4. The summed E-state index contributed by atoms with van der Waals surface area (Å²) in [5, 5.41) is 0. The third kappa shape index (κ3) is 5.16. The monoisotopic (exact) mass is 537 g/mol. The SMILES string of the molecule is O=C(c1ccc(CSc2c(F)c(F)cc(F)c2F)cc1)N1C2CCC1CC(Oc1ccc(F)cc1F)C2. The summed E-state index contributed by atoms with van der Waals surface area (Å²) >= 11 is 0.624. The number of carbonyl (C=O) groups is 1. The second-order valence-electron chi connectivity index (χ2n) is 9.17. The lowest BCUT2D eigenvalue weighted by Crippen LogP contribution is -2.49. The Bertz CT molecular complexity index is 1300. The molecule has 0 radical (unpaired) electrons. The predicted molar refractivity (Wildman–Crippen MR) is 125 cm³/mol. The fourth-order valence-electron chi connectivity index (χ4n) is 5.03. The number of carbonyl (C=O) groups excluding carboxylic acids is 1. The van der Waals surface area contributed by atoms with Gasteiger partial charge in [0.15, 0.2) is 34.8 Å². The number of amides is 1. The summed E-state index contributed by atoms with van der Waals surface area (Å²) < 4.78 is 87.6. The fraction of sp³-hybridized carbons (Fsp3) is 0.296. The Morgan fingerprint density at radius 3 is 2.05 bits per heavy atom. The lowest BCUT2D eigenvalue weighted by Gasteiger charge is -2.39. The summed E-state index contributed by atoms with van der Waals surface area (Å²) in [6.45, 7) is 0. The number of nitrogens with zero attached hydrogens (tertiary/aromatic N) is 1. The molecule has 0 N–H and O–H groups in total. The van der Waals surface area contributed by atoms with Crippen LogP contribution in [0.5, 0.6) is 5.75 Å². The van der Waals surface area contributed by atoms with Crippen molar-refractivity contribution in [3.8, 4) is 5.75 Å². The number of halogens is 6. The highest BCUT2D eigenvalue weighted by molar-refractivity contribution is 7.98. The van der Waals surface area contributed by atoms with Gasteiger partial charge in [-0.2, -0.15) is 0 Å². The molecule has 3 nitrogen and oxygen atoms in total. The normalized spacial score (nSPS) is 20.8. The van der Waals surface area contributed by atoms with Gasteiger partial charge in [0, 0.05) is 48.4 Å². The van der Waals surface area contributed by atoms with Gasteiger partial charge in [0.05, 0.1) is 4.90 Å². The van der Waals surface area contributed by atoms with Crippen molar-refractivity contribution < 1.29 is 35.9 Å². The molecule has 37 heavy (non-hydrogen) atoms. The van der Waals surface area contributed by atoms with Gasteiger partial charge in [0.2, 0.25) is 0 Å². The van der Waals surface area contributed by atoms with E-state index in [9.17, 15) is 31.1 Å². The summed E-state index contributed by atoms with van der Waals surface area (Å²) in [6, 6.07) is 9.63. The van der Waals surface area contributed by atoms with Gasteiger partial charge in [-0.3, -0.25) is 4.79 Å². The smallest absolute Gasteiger partial charge is 0.254 e. The first-order chi connectivity index (χ1) is 17.7. The van der Waals surface area contributed by atoms with Crippen molar-refractivity contribution in [2.24, 2.45) is 0 Å². The number of ether oxygens (including phenoxy) is 1. The average molecular weight is 538 g/mol. The second kappa shape index (κ2) is 10.3. The summed E-state index contributed by atoms with van der Waals surface area (Å²) in [5.74, 6) is -7.40. The third-order valence-electron chi connectivity index (χ3n) is 6.77. The highest BCUT2D eigenvalue weighted by Crippen LogP contribution is 2.39. The highest BCUT2D eigenvalue weighted by atomic mass is 32.2. The molecule has 5 rings (SSSR count). The lowest BCUT2D eigenvalue weighted by atomic mass is 9.98. The van der Waals surface area contributed by atoms with Gasteiger partial charge in [-0.05, 0) is 42.7 Å². The van der Waals surface area contributed by atoms with E-state index >= 15 is 0 Å². The number of piperidine rings is 1. The molecular weight excluding hydrogens is 516 g/mol. The quantitative estimate of drug-likeness (QED) is 0.192. The van der Waals surface area contributed by atoms with Gasteiger partial charge >= 0.3 is 0 Å². The van der Waals surface area contributed by atoms with E-state index in [-0.39, 0.29) is 41.7 Å². The summed E-state index contributed by atoms with van der Waals surface area (Å²) in [7, 11) is 0. The van der Waals surface area contributed by atoms with Crippen molar-refractivity contribution >= 4 is 17.7 Å². The minimum atomic E-state index is -1.46. The Kier molecular flexibility index (Phi) is 7.11. The van der Waals surface area contributed by atoms with Gasteiger partial charge in [-0.15, -0.1) is 11.8 Å². The van der Waals surface area contributed by atoms with Crippen LogP contribution in [0.2, 0.25) is 0 Å². The molecule has 2 bridgehead atoms.